The normalized spacial score (nSPS) is 11.9. The molecular weight excluding hydrogens is 410 g/mol. The van der Waals surface area contributed by atoms with Crippen LogP contribution in [0.15, 0.2) is 75.6 Å². The van der Waals surface area contributed by atoms with Gasteiger partial charge in [0.05, 0.1) is 12.3 Å². The van der Waals surface area contributed by atoms with Crippen molar-refractivity contribution in [1.29, 1.82) is 0 Å². The number of carbonyl (C=O) groups excluding carboxylic acids is 1. The lowest BCUT2D eigenvalue weighted by Gasteiger charge is -2.08. The largest absolute Gasteiger partial charge is 0.461 e. The number of hydrogen-bond donors (Lipinski definition) is 0. The number of aryl methyl sites for hydroxylation is 1. The van der Waals surface area contributed by atoms with Gasteiger partial charge in [0, 0.05) is 5.38 Å². The van der Waals surface area contributed by atoms with E-state index in [0.29, 0.717) is 27.6 Å². The maximum Gasteiger partial charge on any atom is 0.356 e. The lowest BCUT2D eigenvalue weighted by atomic mass is 10.2. The highest BCUT2D eigenvalue weighted by Crippen LogP contribution is 2.24. The zero-order valence-corrected chi connectivity index (χ0v) is 18.0. The smallest absolute Gasteiger partial charge is 0.356 e. The van der Waals surface area contributed by atoms with Crippen LogP contribution in [-0.2, 0) is 4.74 Å². The molecule has 0 atom stereocenters. The van der Waals surface area contributed by atoms with Crippen LogP contribution in [-0.4, -0.2) is 22.3 Å². The molecule has 4 aromatic rings. The molecule has 0 spiro atoms. The van der Waals surface area contributed by atoms with Crippen LogP contribution in [0.4, 0.5) is 5.69 Å². The summed E-state index contributed by atoms with van der Waals surface area (Å²) in [6.07, 6.45) is 3.78. The Morgan fingerprint density at radius 2 is 1.84 bits per heavy atom. The van der Waals surface area contributed by atoms with Gasteiger partial charge in [0.25, 0.3) is 0 Å². The van der Waals surface area contributed by atoms with Gasteiger partial charge < -0.3 is 9.26 Å². The van der Waals surface area contributed by atoms with Crippen molar-refractivity contribution in [3.8, 4) is 5.69 Å². The third kappa shape index (κ3) is 4.57. The van der Waals surface area contributed by atoms with Gasteiger partial charge >= 0.3 is 5.97 Å². The van der Waals surface area contributed by atoms with E-state index in [2.05, 4.69) is 5.16 Å². The van der Waals surface area contributed by atoms with Gasteiger partial charge in [-0.2, -0.15) is 0 Å². The molecule has 0 N–H and O–H groups in total. The van der Waals surface area contributed by atoms with Crippen LogP contribution in [0.3, 0.4) is 0 Å². The second kappa shape index (κ2) is 9.40. The third-order valence-electron chi connectivity index (χ3n) is 4.48. The summed E-state index contributed by atoms with van der Waals surface area (Å²) in [6.45, 7) is 3.90. The van der Waals surface area contributed by atoms with Crippen molar-refractivity contribution < 1.29 is 14.1 Å². The van der Waals surface area contributed by atoms with E-state index in [9.17, 15) is 4.79 Å². The third-order valence-corrected chi connectivity index (χ3v) is 5.31. The van der Waals surface area contributed by atoms with Crippen molar-refractivity contribution in [3.63, 3.8) is 0 Å². The van der Waals surface area contributed by atoms with Crippen LogP contribution in [0.5, 0.6) is 0 Å². The first-order chi connectivity index (χ1) is 15.2. The molecule has 0 aliphatic heterocycles. The Labute approximate surface area is 183 Å². The van der Waals surface area contributed by atoms with Crippen molar-refractivity contribution in [2.45, 2.75) is 13.8 Å². The van der Waals surface area contributed by atoms with E-state index in [4.69, 9.17) is 14.3 Å². The van der Waals surface area contributed by atoms with E-state index in [1.165, 1.54) is 11.3 Å². The van der Waals surface area contributed by atoms with Crippen LogP contribution in [0.2, 0.25) is 0 Å². The van der Waals surface area contributed by atoms with Gasteiger partial charge in [-0.3, -0.25) is 4.57 Å². The summed E-state index contributed by atoms with van der Waals surface area (Å²) in [5, 5.41) is 5.89. The Morgan fingerprint density at radius 3 is 2.55 bits per heavy atom. The SMILES string of the molecule is CCOC(=O)c1csc(=Nc2ccccc2)n1-c1c(C)noc1/C=C/c1ccccc1. The molecule has 6 nitrogen and oxygen atoms in total. The summed E-state index contributed by atoms with van der Waals surface area (Å²) in [7, 11) is 0. The van der Waals surface area contributed by atoms with Crippen LogP contribution in [0.1, 0.15) is 34.4 Å². The van der Waals surface area contributed by atoms with Gasteiger partial charge in [-0.15, -0.1) is 11.3 Å². The summed E-state index contributed by atoms with van der Waals surface area (Å²) in [5.41, 5.74) is 3.49. The molecule has 0 fully saturated rings. The maximum atomic E-state index is 12.7. The van der Waals surface area contributed by atoms with Crippen molar-refractivity contribution >= 4 is 35.1 Å². The molecule has 0 aliphatic carbocycles. The van der Waals surface area contributed by atoms with Gasteiger partial charge in [0.15, 0.2) is 10.6 Å². The zero-order chi connectivity index (χ0) is 21.6. The summed E-state index contributed by atoms with van der Waals surface area (Å²) in [5.74, 6) is 0.103. The lowest BCUT2D eigenvalue weighted by molar-refractivity contribution is 0.0516. The van der Waals surface area contributed by atoms with E-state index in [1.807, 2.05) is 79.7 Å². The minimum absolute atomic E-state index is 0.281. The van der Waals surface area contributed by atoms with E-state index in [1.54, 1.807) is 16.9 Å². The van der Waals surface area contributed by atoms with Crippen molar-refractivity contribution in [2.24, 2.45) is 4.99 Å². The number of para-hydroxylation sites is 1. The Balaban J connectivity index is 1.88. The molecule has 0 aliphatic rings. The maximum absolute atomic E-state index is 12.7. The average molecular weight is 432 g/mol. The van der Waals surface area contributed by atoms with E-state index >= 15 is 0 Å². The zero-order valence-electron chi connectivity index (χ0n) is 17.2. The molecule has 4 rings (SSSR count). The van der Waals surface area contributed by atoms with E-state index < -0.39 is 5.97 Å². The van der Waals surface area contributed by atoms with E-state index in [0.717, 1.165) is 11.3 Å². The second-order valence-electron chi connectivity index (χ2n) is 6.63. The number of hydrogen-bond acceptors (Lipinski definition) is 6. The summed E-state index contributed by atoms with van der Waals surface area (Å²) < 4.78 is 12.6. The lowest BCUT2D eigenvalue weighted by Crippen LogP contribution is -2.20. The van der Waals surface area contributed by atoms with Gasteiger partial charge in [-0.1, -0.05) is 59.8 Å². The fourth-order valence-corrected chi connectivity index (χ4v) is 3.94. The quantitative estimate of drug-likeness (QED) is 0.383. The van der Waals surface area contributed by atoms with Crippen molar-refractivity contribution in [2.75, 3.05) is 6.61 Å². The summed E-state index contributed by atoms with van der Waals surface area (Å²) in [6, 6.07) is 19.5. The Kier molecular flexibility index (Phi) is 6.24. The summed E-state index contributed by atoms with van der Waals surface area (Å²) >= 11 is 1.36. The molecule has 0 radical (unpaired) electrons. The molecule has 7 heteroatoms. The predicted molar refractivity (Wildman–Crippen MR) is 121 cm³/mol. The first-order valence-electron chi connectivity index (χ1n) is 9.84. The number of carbonyl (C=O) groups is 1. The van der Waals surface area contributed by atoms with Crippen molar-refractivity contribution in [3.05, 3.63) is 93.6 Å². The predicted octanol–water partition coefficient (Wildman–Crippen LogP) is 5.41. The highest BCUT2D eigenvalue weighted by molar-refractivity contribution is 7.07. The highest BCUT2D eigenvalue weighted by atomic mass is 32.1. The fourth-order valence-electron chi connectivity index (χ4n) is 3.07. The number of esters is 1. The molecule has 0 saturated heterocycles. The monoisotopic (exact) mass is 431 g/mol. The Morgan fingerprint density at radius 1 is 1.13 bits per heavy atom. The Bertz CT molecular complexity index is 1270. The molecule has 0 unspecified atom stereocenters. The average Bonchev–Trinajstić information content (AvgIpc) is 3.36. The van der Waals surface area contributed by atoms with Gasteiger partial charge in [0.2, 0.25) is 0 Å². The number of rotatable bonds is 6. The number of nitrogens with zero attached hydrogens (tertiary/aromatic N) is 3. The van der Waals surface area contributed by atoms with Crippen LogP contribution < -0.4 is 4.80 Å². The first kappa shape index (κ1) is 20.6. The topological polar surface area (TPSA) is 69.6 Å². The molecule has 0 saturated carbocycles. The minimum Gasteiger partial charge on any atom is -0.461 e. The van der Waals surface area contributed by atoms with Crippen LogP contribution in [0.25, 0.3) is 17.8 Å². The molecule has 31 heavy (non-hydrogen) atoms. The number of thiazole rings is 1. The summed E-state index contributed by atoms with van der Waals surface area (Å²) in [4.78, 5) is 18.0. The standard InChI is InChI=1S/C24H21N3O3S/c1-3-29-23(28)20-16-31-24(25-19-12-8-5-9-13-19)27(20)22-17(2)26-30-21(22)15-14-18-10-6-4-7-11-18/h4-16H,3H2,1-2H3/b15-14+,25-24?. The minimum atomic E-state index is -0.424. The molecular formula is C24H21N3O3S. The van der Waals surface area contributed by atoms with Crippen LogP contribution >= 0.6 is 11.3 Å². The first-order valence-corrected chi connectivity index (χ1v) is 10.7. The fraction of sp³-hybridized carbons (Fsp3) is 0.125. The van der Waals surface area contributed by atoms with Gasteiger partial charge in [-0.25, -0.2) is 9.79 Å². The van der Waals surface area contributed by atoms with Crippen LogP contribution in [0, 0.1) is 6.92 Å². The molecule has 156 valence electrons. The van der Waals surface area contributed by atoms with Crippen molar-refractivity contribution in [1.82, 2.24) is 9.72 Å². The van der Waals surface area contributed by atoms with Gasteiger partial charge in [-0.05, 0) is 37.6 Å². The highest BCUT2D eigenvalue weighted by Gasteiger charge is 2.22. The van der Waals surface area contributed by atoms with Gasteiger partial charge in [0.1, 0.15) is 17.1 Å². The van der Waals surface area contributed by atoms with E-state index in [-0.39, 0.29) is 6.61 Å². The number of aromatic nitrogens is 2. The number of ether oxygens (including phenoxy) is 1. The molecule has 2 heterocycles. The molecule has 0 bridgehead atoms. The Hall–Kier alpha value is -3.71. The second-order valence-corrected chi connectivity index (χ2v) is 7.47. The molecule has 2 aromatic carbocycles. The molecule has 0 amide bonds. The number of benzene rings is 2. The molecule has 2 aromatic heterocycles.